The van der Waals surface area contributed by atoms with E-state index in [1.165, 1.54) is 0 Å². The molecule has 0 atom stereocenters. The highest BCUT2D eigenvalue weighted by atomic mass is 16.5. The van der Waals surface area contributed by atoms with E-state index in [0.717, 1.165) is 0 Å². The van der Waals surface area contributed by atoms with Crippen LogP contribution in [0.5, 0.6) is 28.7 Å². The van der Waals surface area contributed by atoms with Gasteiger partial charge in [0.25, 0.3) is 5.91 Å². The molecule has 0 aliphatic carbocycles. The first-order valence-electron chi connectivity index (χ1n) is 9.59. The number of carbonyl (C=O) groups excluding carboxylic acids is 1. The van der Waals surface area contributed by atoms with Crippen molar-refractivity contribution < 1.29 is 23.7 Å². The number of methoxy groups -OCH3 is 3. The third-order valence-electron chi connectivity index (χ3n) is 4.79. The van der Waals surface area contributed by atoms with Gasteiger partial charge < -0.3 is 29.2 Å². The van der Waals surface area contributed by atoms with Crippen molar-refractivity contribution in [2.45, 2.75) is 0 Å². The first-order chi connectivity index (χ1) is 15.1. The normalized spacial score (nSPS) is 10.5. The van der Waals surface area contributed by atoms with Crippen molar-refractivity contribution in [3.05, 3.63) is 72.4 Å². The number of fused-ring (bicyclic) bond motifs is 1. The van der Waals surface area contributed by atoms with Gasteiger partial charge in [-0.15, -0.1) is 0 Å². The van der Waals surface area contributed by atoms with E-state index in [1.807, 2.05) is 42.5 Å². The second-order valence-electron chi connectivity index (χ2n) is 6.65. The zero-order valence-electron chi connectivity index (χ0n) is 17.4. The quantitative estimate of drug-likeness (QED) is 0.429. The van der Waals surface area contributed by atoms with Crippen LogP contribution >= 0.6 is 0 Å². The summed E-state index contributed by atoms with van der Waals surface area (Å²) in [7, 11) is 4.65. The lowest BCUT2D eigenvalue weighted by atomic mass is 10.2. The number of rotatable bonds is 7. The minimum Gasteiger partial charge on any atom is -0.496 e. The Bertz CT molecular complexity index is 1220. The van der Waals surface area contributed by atoms with Crippen molar-refractivity contribution in [2.24, 2.45) is 0 Å². The molecule has 1 heterocycles. The van der Waals surface area contributed by atoms with Gasteiger partial charge in [-0.2, -0.15) is 0 Å². The zero-order chi connectivity index (χ0) is 21.8. The molecular formula is C24H22N2O5. The summed E-state index contributed by atoms with van der Waals surface area (Å²) in [6, 6.07) is 20.1. The Balaban J connectivity index is 1.67. The molecule has 0 fully saturated rings. The highest BCUT2D eigenvalue weighted by Gasteiger charge is 2.20. The summed E-state index contributed by atoms with van der Waals surface area (Å²) in [5.41, 5.74) is 1.50. The third-order valence-corrected chi connectivity index (χ3v) is 4.79. The van der Waals surface area contributed by atoms with E-state index >= 15 is 0 Å². The highest BCUT2D eigenvalue weighted by molar-refractivity contribution is 6.08. The van der Waals surface area contributed by atoms with Gasteiger partial charge in [-0.1, -0.05) is 30.3 Å². The molecule has 1 amide bonds. The van der Waals surface area contributed by atoms with Crippen LogP contribution in [0.3, 0.4) is 0 Å². The first-order valence-corrected chi connectivity index (χ1v) is 9.59. The summed E-state index contributed by atoms with van der Waals surface area (Å²) in [6.07, 6.45) is 0. The molecule has 0 saturated carbocycles. The number of benzene rings is 3. The maximum atomic E-state index is 13.0. The number of anilines is 1. The number of carbonyl (C=O) groups is 1. The monoisotopic (exact) mass is 418 g/mol. The van der Waals surface area contributed by atoms with Crippen LogP contribution < -0.4 is 24.3 Å². The third kappa shape index (κ3) is 3.98. The molecule has 3 aromatic carbocycles. The van der Waals surface area contributed by atoms with Gasteiger partial charge >= 0.3 is 0 Å². The van der Waals surface area contributed by atoms with Crippen LogP contribution in [-0.4, -0.2) is 32.2 Å². The summed E-state index contributed by atoms with van der Waals surface area (Å²) in [5, 5.41) is 3.61. The zero-order valence-corrected chi connectivity index (χ0v) is 17.4. The molecule has 0 saturated heterocycles. The molecule has 0 bridgehead atoms. The summed E-state index contributed by atoms with van der Waals surface area (Å²) >= 11 is 0. The number of hydrogen-bond acceptors (Lipinski definition) is 5. The van der Waals surface area contributed by atoms with Gasteiger partial charge in [0.2, 0.25) is 0 Å². The molecule has 4 aromatic rings. The molecule has 158 valence electrons. The fraction of sp³-hybridized carbons (Fsp3) is 0.125. The number of ether oxygens (including phenoxy) is 4. The molecule has 0 aliphatic rings. The topological polar surface area (TPSA) is 81.8 Å². The van der Waals surface area contributed by atoms with Crippen molar-refractivity contribution >= 4 is 22.5 Å². The van der Waals surface area contributed by atoms with Gasteiger partial charge in [-0.05, 0) is 30.3 Å². The Morgan fingerprint density at radius 1 is 0.806 bits per heavy atom. The number of aromatic nitrogens is 1. The first kappa shape index (κ1) is 20.2. The lowest BCUT2D eigenvalue weighted by Crippen LogP contribution is -2.12. The molecule has 0 aliphatic heterocycles. The average Bonchev–Trinajstić information content (AvgIpc) is 3.25. The standard InChI is InChI=1S/C24H22N2O5/c1-28-20-14-21(29-2)23(30-3)22-16(20)13-18(25-22)24(27)26-17-11-7-8-12-19(17)31-15-9-5-4-6-10-15/h4-14,25H,1-3H3,(H,26,27). The number of hydrogen-bond donors (Lipinski definition) is 2. The van der Waals surface area contributed by atoms with Crippen LogP contribution in [0.1, 0.15) is 10.5 Å². The summed E-state index contributed by atoms with van der Waals surface area (Å²) in [4.78, 5) is 16.1. The van der Waals surface area contributed by atoms with Gasteiger partial charge in [0, 0.05) is 11.5 Å². The Morgan fingerprint density at radius 3 is 2.23 bits per heavy atom. The van der Waals surface area contributed by atoms with Crippen molar-refractivity contribution in [1.82, 2.24) is 4.98 Å². The van der Waals surface area contributed by atoms with Crippen LogP contribution in [0, 0.1) is 0 Å². The molecule has 7 nitrogen and oxygen atoms in total. The van der Waals surface area contributed by atoms with E-state index in [0.29, 0.717) is 51.0 Å². The predicted octanol–water partition coefficient (Wildman–Crippen LogP) is 5.24. The maximum absolute atomic E-state index is 13.0. The minimum atomic E-state index is -0.330. The average molecular weight is 418 g/mol. The second-order valence-corrected chi connectivity index (χ2v) is 6.65. The Labute approximate surface area is 179 Å². The molecular weight excluding hydrogens is 396 g/mol. The Hall–Kier alpha value is -4.13. The van der Waals surface area contributed by atoms with Crippen molar-refractivity contribution in [2.75, 3.05) is 26.6 Å². The van der Waals surface area contributed by atoms with Crippen LogP contribution in [0.4, 0.5) is 5.69 Å². The summed E-state index contributed by atoms with van der Waals surface area (Å²) in [6.45, 7) is 0. The van der Waals surface area contributed by atoms with Crippen LogP contribution in [-0.2, 0) is 0 Å². The molecule has 0 unspecified atom stereocenters. The van der Waals surface area contributed by atoms with E-state index in [-0.39, 0.29) is 5.91 Å². The summed E-state index contributed by atoms with van der Waals surface area (Å²) in [5.74, 6) is 2.44. The molecule has 4 rings (SSSR count). The smallest absolute Gasteiger partial charge is 0.272 e. The molecule has 31 heavy (non-hydrogen) atoms. The van der Waals surface area contributed by atoms with E-state index < -0.39 is 0 Å². The molecule has 2 N–H and O–H groups in total. The van der Waals surface area contributed by atoms with Crippen molar-refractivity contribution in [3.8, 4) is 28.7 Å². The lowest BCUT2D eigenvalue weighted by molar-refractivity contribution is 0.102. The van der Waals surface area contributed by atoms with E-state index in [9.17, 15) is 4.79 Å². The van der Waals surface area contributed by atoms with Crippen LogP contribution in [0.2, 0.25) is 0 Å². The maximum Gasteiger partial charge on any atom is 0.272 e. The SMILES string of the molecule is COc1cc(OC)c2cc(C(=O)Nc3ccccc3Oc3ccccc3)[nH]c2c1OC. The van der Waals surface area contributed by atoms with Gasteiger partial charge in [0.1, 0.15) is 17.2 Å². The summed E-state index contributed by atoms with van der Waals surface area (Å²) < 4.78 is 22.3. The van der Waals surface area contributed by atoms with Crippen LogP contribution in [0.15, 0.2) is 66.7 Å². The lowest BCUT2D eigenvalue weighted by Gasteiger charge is -2.12. The number of amides is 1. The largest absolute Gasteiger partial charge is 0.496 e. The van der Waals surface area contributed by atoms with Crippen molar-refractivity contribution in [1.29, 1.82) is 0 Å². The molecule has 0 radical (unpaired) electrons. The van der Waals surface area contributed by atoms with Gasteiger partial charge in [-0.3, -0.25) is 4.79 Å². The fourth-order valence-corrected chi connectivity index (χ4v) is 3.32. The minimum absolute atomic E-state index is 0.330. The molecule has 0 spiro atoms. The van der Waals surface area contributed by atoms with E-state index in [1.54, 1.807) is 45.6 Å². The fourth-order valence-electron chi connectivity index (χ4n) is 3.32. The van der Waals surface area contributed by atoms with Crippen LogP contribution in [0.25, 0.3) is 10.9 Å². The van der Waals surface area contributed by atoms with Gasteiger partial charge in [0.05, 0.1) is 32.5 Å². The number of H-pyrrole nitrogens is 1. The number of para-hydroxylation sites is 3. The van der Waals surface area contributed by atoms with Gasteiger partial charge in [-0.25, -0.2) is 0 Å². The van der Waals surface area contributed by atoms with E-state index in [2.05, 4.69) is 10.3 Å². The number of aromatic amines is 1. The second kappa shape index (κ2) is 8.71. The number of nitrogens with one attached hydrogen (secondary N) is 2. The molecule has 7 heteroatoms. The van der Waals surface area contributed by atoms with Gasteiger partial charge in [0.15, 0.2) is 17.2 Å². The van der Waals surface area contributed by atoms with E-state index in [4.69, 9.17) is 18.9 Å². The molecule has 1 aromatic heterocycles. The predicted molar refractivity (Wildman–Crippen MR) is 119 cm³/mol. The Kier molecular flexibility index (Phi) is 5.66. The van der Waals surface area contributed by atoms with Crippen molar-refractivity contribution in [3.63, 3.8) is 0 Å². The highest BCUT2D eigenvalue weighted by Crippen LogP contribution is 2.41. The Morgan fingerprint density at radius 2 is 1.52 bits per heavy atom.